The van der Waals surface area contributed by atoms with Gasteiger partial charge in [0.05, 0.1) is 36.7 Å². The van der Waals surface area contributed by atoms with E-state index in [1.165, 1.54) is 0 Å². The maximum atomic E-state index is 14.0. The van der Waals surface area contributed by atoms with E-state index < -0.39 is 17.4 Å². The molecular formula is C31H29ClN4O5. The Morgan fingerprint density at radius 2 is 1.83 bits per heavy atom. The van der Waals surface area contributed by atoms with Gasteiger partial charge in [0, 0.05) is 16.6 Å². The first-order chi connectivity index (χ1) is 19.8. The average Bonchev–Trinajstić information content (AvgIpc) is 3.60. The standard InChI is InChI=1S/C31H29ClN4O5/c1-40-26-4-3-5-27(41-2)28(26)25-15-23(35-36(25)24-8-9-33-22-14-19(32)6-7-20(22)24)29(37)34-31(30(38)39)18-11-16-10-17(13-18)21(31)12-16/h3-9,14-18,21H,10-13H2,1-2H3,(H,34,37)(H,38,39). The smallest absolute Gasteiger partial charge is 0.330 e. The lowest BCUT2D eigenvalue weighted by atomic mass is 9.70. The van der Waals surface area contributed by atoms with Gasteiger partial charge in [-0.15, -0.1) is 0 Å². The van der Waals surface area contributed by atoms with Crippen molar-refractivity contribution in [2.24, 2.45) is 23.7 Å². The van der Waals surface area contributed by atoms with E-state index in [1.807, 2.05) is 30.3 Å². The van der Waals surface area contributed by atoms with Gasteiger partial charge in [-0.2, -0.15) is 5.10 Å². The molecule has 2 aromatic carbocycles. The second kappa shape index (κ2) is 9.48. The second-order valence-corrected chi connectivity index (χ2v) is 11.8. The van der Waals surface area contributed by atoms with E-state index in [0.29, 0.717) is 50.8 Å². The normalized spacial score (nSPS) is 25.9. The van der Waals surface area contributed by atoms with Crippen molar-refractivity contribution in [1.82, 2.24) is 20.1 Å². The molecule has 4 bridgehead atoms. The number of carbonyl (C=O) groups is 2. The number of carboxylic acid groups (broad SMARTS) is 1. The van der Waals surface area contributed by atoms with Gasteiger partial charge in [-0.3, -0.25) is 9.78 Å². The van der Waals surface area contributed by atoms with E-state index in [1.54, 1.807) is 43.3 Å². The highest BCUT2D eigenvalue weighted by Gasteiger charge is 2.67. The molecule has 4 saturated carbocycles. The Bertz CT molecular complexity index is 1690. The number of pyridine rings is 1. The number of benzene rings is 2. The van der Waals surface area contributed by atoms with Crippen molar-refractivity contribution >= 4 is 34.4 Å². The zero-order valence-electron chi connectivity index (χ0n) is 22.6. The summed E-state index contributed by atoms with van der Waals surface area (Å²) < 4.78 is 13.1. The summed E-state index contributed by atoms with van der Waals surface area (Å²) in [6, 6.07) is 14.3. The summed E-state index contributed by atoms with van der Waals surface area (Å²) in [5.74, 6) is 0.373. The minimum atomic E-state index is -1.28. The van der Waals surface area contributed by atoms with Gasteiger partial charge in [0.1, 0.15) is 17.0 Å². The number of hydrogen-bond acceptors (Lipinski definition) is 6. The molecule has 4 fully saturated rings. The quantitative estimate of drug-likeness (QED) is 0.305. The summed E-state index contributed by atoms with van der Waals surface area (Å²) in [5, 5.41) is 19.6. The van der Waals surface area contributed by atoms with Crippen molar-refractivity contribution < 1.29 is 24.2 Å². The Morgan fingerprint density at radius 3 is 2.54 bits per heavy atom. The van der Waals surface area contributed by atoms with Crippen LogP contribution in [0.4, 0.5) is 0 Å². The number of nitrogens with zero attached hydrogens (tertiary/aromatic N) is 3. The minimum Gasteiger partial charge on any atom is -0.496 e. The molecule has 8 rings (SSSR count). The minimum absolute atomic E-state index is 0.0579. The Kier molecular flexibility index (Phi) is 5.97. The number of methoxy groups -OCH3 is 2. The van der Waals surface area contributed by atoms with Crippen LogP contribution in [0, 0.1) is 23.7 Å². The zero-order chi connectivity index (χ0) is 28.5. The second-order valence-electron chi connectivity index (χ2n) is 11.4. The first-order valence-corrected chi connectivity index (χ1v) is 14.1. The molecule has 210 valence electrons. The fourth-order valence-corrected chi connectivity index (χ4v) is 8.04. The maximum Gasteiger partial charge on any atom is 0.330 e. The molecule has 4 aliphatic rings. The van der Waals surface area contributed by atoms with Gasteiger partial charge in [-0.1, -0.05) is 17.7 Å². The molecule has 0 aliphatic heterocycles. The molecule has 10 heteroatoms. The molecule has 4 aliphatic carbocycles. The van der Waals surface area contributed by atoms with E-state index in [0.717, 1.165) is 31.1 Å². The van der Waals surface area contributed by atoms with Crippen LogP contribution in [-0.2, 0) is 4.79 Å². The van der Waals surface area contributed by atoms with Crippen molar-refractivity contribution in [1.29, 1.82) is 0 Å². The number of fused-ring (bicyclic) bond motifs is 1. The molecule has 4 aromatic rings. The van der Waals surface area contributed by atoms with E-state index in [9.17, 15) is 14.7 Å². The van der Waals surface area contributed by atoms with Crippen LogP contribution in [0.5, 0.6) is 11.5 Å². The van der Waals surface area contributed by atoms with Crippen LogP contribution in [0.15, 0.2) is 54.7 Å². The highest BCUT2D eigenvalue weighted by Crippen LogP contribution is 2.62. The van der Waals surface area contributed by atoms with Crippen molar-refractivity contribution in [2.45, 2.75) is 31.2 Å². The largest absolute Gasteiger partial charge is 0.496 e. The lowest BCUT2D eigenvalue weighted by Crippen LogP contribution is -2.62. The van der Waals surface area contributed by atoms with Gasteiger partial charge in [0.25, 0.3) is 5.91 Å². The molecule has 5 atom stereocenters. The summed E-state index contributed by atoms with van der Waals surface area (Å²) in [4.78, 5) is 31.3. The predicted molar refractivity (Wildman–Crippen MR) is 153 cm³/mol. The molecule has 2 N–H and O–H groups in total. The Labute approximate surface area is 241 Å². The number of carbonyl (C=O) groups excluding carboxylic acids is 1. The number of halogens is 1. The molecule has 5 unspecified atom stereocenters. The molecule has 2 aromatic heterocycles. The number of ether oxygens (including phenoxy) is 2. The van der Waals surface area contributed by atoms with E-state index in [2.05, 4.69) is 10.3 Å². The summed E-state index contributed by atoms with van der Waals surface area (Å²) in [6.07, 6.45) is 5.24. The van der Waals surface area contributed by atoms with Crippen LogP contribution >= 0.6 is 11.6 Å². The fraction of sp³-hybridized carbons (Fsp3) is 0.355. The lowest BCUT2D eigenvalue weighted by Gasteiger charge is -2.41. The summed E-state index contributed by atoms with van der Waals surface area (Å²) in [5.41, 5.74) is 1.31. The molecule has 0 saturated heterocycles. The molecule has 0 radical (unpaired) electrons. The third-order valence-electron chi connectivity index (χ3n) is 9.44. The van der Waals surface area contributed by atoms with Gasteiger partial charge in [0.15, 0.2) is 5.69 Å². The fourth-order valence-electron chi connectivity index (χ4n) is 7.87. The topological polar surface area (TPSA) is 116 Å². The Hall–Kier alpha value is -4.11. The van der Waals surface area contributed by atoms with Crippen molar-refractivity contribution in [3.05, 3.63) is 65.4 Å². The van der Waals surface area contributed by atoms with Crippen LogP contribution in [-0.4, -0.2) is 51.5 Å². The lowest BCUT2D eigenvalue weighted by molar-refractivity contribution is -0.149. The SMILES string of the molecule is COc1cccc(OC)c1-c1cc(C(=O)NC2(C(=O)O)C3CC4CC(C3)C2C4)nn1-c1ccnc2cc(Cl)ccc12. The first-order valence-electron chi connectivity index (χ1n) is 13.8. The number of amides is 1. The zero-order valence-corrected chi connectivity index (χ0v) is 23.4. The number of aromatic nitrogens is 3. The van der Waals surface area contributed by atoms with Gasteiger partial charge in [0.2, 0.25) is 0 Å². The molecule has 41 heavy (non-hydrogen) atoms. The third-order valence-corrected chi connectivity index (χ3v) is 9.67. The van der Waals surface area contributed by atoms with Crippen LogP contribution in [0.1, 0.15) is 36.2 Å². The molecule has 1 amide bonds. The van der Waals surface area contributed by atoms with E-state index >= 15 is 0 Å². The summed E-state index contributed by atoms with van der Waals surface area (Å²) in [6.45, 7) is 0. The molecule has 9 nitrogen and oxygen atoms in total. The highest BCUT2D eigenvalue weighted by molar-refractivity contribution is 6.31. The maximum absolute atomic E-state index is 14.0. The van der Waals surface area contributed by atoms with Gasteiger partial charge >= 0.3 is 5.97 Å². The monoisotopic (exact) mass is 572 g/mol. The van der Waals surface area contributed by atoms with Crippen LogP contribution in [0.25, 0.3) is 27.8 Å². The molecule has 0 spiro atoms. The number of rotatable bonds is 7. The summed E-state index contributed by atoms with van der Waals surface area (Å²) in [7, 11) is 3.13. The van der Waals surface area contributed by atoms with Crippen LogP contribution in [0.3, 0.4) is 0 Å². The molecule has 2 heterocycles. The van der Waals surface area contributed by atoms with E-state index in [-0.39, 0.29) is 17.5 Å². The van der Waals surface area contributed by atoms with Crippen molar-refractivity contribution in [3.8, 4) is 28.4 Å². The van der Waals surface area contributed by atoms with Crippen LogP contribution in [0.2, 0.25) is 5.02 Å². The van der Waals surface area contributed by atoms with Gasteiger partial charge in [-0.05, 0) is 91.8 Å². The van der Waals surface area contributed by atoms with E-state index in [4.69, 9.17) is 26.2 Å². The number of carboxylic acids is 1. The Balaban J connectivity index is 1.39. The van der Waals surface area contributed by atoms with Crippen LogP contribution < -0.4 is 14.8 Å². The number of hydrogen-bond donors (Lipinski definition) is 2. The van der Waals surface area contributed by atoms with Gasteiger partial charge in [-0.25, -0.2) is 9.48 Å². The van der Waals surface area contributed by atoms with Crippen molar-refractivity contribution in [2.75, 3.05) is 14.2 Å². The van der Waals surface area contributed by atoms with Crippen molar-refractivity contribution in [3.63, 3.8) is 0 Å². The average molecular weight is 573 g/mol. The Morgan fingerprint density at radius 1 is 1.05 bits per heavy atom. The first kappa shape index (κ1) is 25.8. The number of aliphatic carboxylic acids is 1. The van der Waals surface area contributed by atoms with Gasteiger partial charge < -0.3 is 19.9 Å². The predicted octanol–water partition coefficient (Wildman–Crippen LogP) is 5.38. The summed E-state index contributed by atoms with van der Waals surface area (Å²) >= 11 is 6.25. The molecular weight excluding hydrogens is 544 g/mol. The third kappa shape index (κ3) is 3.82. The number of nitrogens with one attached hydrogen (secondary N) is 1. The highest BCUT2D eigenvalue weighted by atomic mass is 35.5.